The van der Waals surface area contributed by atoms with E-state index in [0.717, 1.165) is 26.2 Å². The van der Waals surface area contributed by atoms with E-state index in [-0.39, 0.29) is 5.38 Å². The van der Waals surface area contributed by atoms with Crippen LogP contribution in [-0.4, -0.2) is 14.5 Å². The van der Waals surface area contributed by atoms with Gasteiger partial charge in [-0.1, -0.05) is 0 Å². The molecule has 4 nitrogen and oxygen atoms in total. The number of rotatable bonds is 3. The van der Waals surface area contributed by atoms with Crippen LogP contribution < -0.4 is 0 Å². The van der Waals surface area contributed by atoms with Gasteiger partial charge in [0.15, 0.2) is 0 Å². The monoisotopic (exact) mass is 401 g/mol. The van der Waals surface area contributed by atoms with E-state index in [9.17, 15) is 0 Å². The highest BCUT2D eigenvalue weighted by atomic mass is 127. The largest absolute Gasteiger partial charge is 0.444 e. The second kappa shape index (κ2) is 5.37. The summed E-state index contributed by atoms with van der Waals surface area (Å²) in [7, 11) is 0. The molecule has 0 aliphatic carbocycles. The molecule has 1 aromatic carbocycles. The molecule has 0 bridgehead atoms. The zero-order chi connectivity index (χ0) is 14.3. The van der Waals surface area contributed by atoms with Crippen LogP contribution in [0.2, 0.25) is 0 Å². The molecule has 1 atom stereocenters. The van der Waals surface area contributed by atoms with Crippen molar-refractivity contribution in [1.82, 2.24) is 14.5 Å². The van der Waals surface area contributed by atoms with E-state index in [1.807, 2.05) is 13.8 Å². The number of hydrogen-bond donors (Lipinski definition) is 0. The lowest BCUT2D eigenvalue weighted by Crippen LogP contribution is -2.06. The van der Waals surface area contributed by atoms with Crippen molar-refractivity contribution in [3.05, 3.63) is 45.4 Å². The quantitative estimate of drug-likeness (QED) is 0.486. The molecule has 1 unspecified atom stereocenters. The zero-order valence-electron chi connectivity index (χ0n) is 11.1. The summed E-state index contributed by atoms with van der Waals surface area (Å²) in [5, 5.41) is -0.170. The van der Waals surface area contributed by atoms with Crippen LogP contribution in [0.1, 0.15) is 29.8 Å². The van der Waals surface area contributed by atoms with Crippen LogP contribution in [0.4, 0.5) is 0 Å². The molecule has 0 aliphatic rings. The molecule has 3 rings (SSSR count). The van der Waals surface area contributed by atoms with Crippen LogP contribution >= 0.6 is 34.2 Å². The first-order valence-corrected chi connectivity index (χ1v) is 7.77. The van der Waals surface area contributed by atoms with Gasteiger partial charge < -0.3 is 8.98 Å². The Morgan fingerprint density at radius 1 is 1.45 bits per heavy atom. The highest BCUT2D eigenvalue weighted by Crippen LogP contribution is 2.26. The summed E-state index contributed by atoms with van der Waals surface area (Å²) in [6.45, 7) is 4.35. The summed E-state index contributed by atoms with van der Waals surface area (Å²) in [6, 6.07) is 6.17. The first kappa shape index (κ1) is 13.9. The Balaban J connectivity index is 2.13. The number of halogens is 2. The number of aryl methyl sites for hydroxylation is 1. The standard InChI is InChI=1S/C14H13ClIN3O/c1-8-6-17-13(20-8)7-19-12-4-3-10(16)5-11(12)18-14(19)9(2)15/h3-6,9H,7H2,1-2H3. The molecule has 2 aromatic heterocycles. The normalized spacial score (nSPS) is 13.0. The van der Waals surface area contributed by atoms with Gasteiger partial charge in [-0.3, -0.25) is 0 Å². The van der Waals surface area contributed by atoms with Gasteiger partial charge >= 0.3 is 0 Å². The lowest BCUT2D eigenvalue weighted by molar-refractivity contribution is 0.456. The molecule has 0 saturated carbocycles. The van der Waals surface area contributed by atoms with Crippen molar-refractivity contribution in [2.24, 2.45) is 0 Å². The van der Waals surface area contributed by atoms with Gasteiger partial charge in [-0.2, -0.15) is 0 Å². The average molecular weight is 402 g/mol. The first-order valence-electron chi connectivity index (χ1n) is 6.25. The zero-order valence-corrected chi connectivity index (χ0v) is 14.0. The third-order valence-corrected chi connectivity index (χ3v) is 3.92. The Kier molecular flexibility index (Phi) is 3.72. The summed E-state index contributed by atoms with van der Waals surface area (Å²) in [4.78, 5) is 8.89. The Labute approximate surface area is 135 Å². The lowest BCUT2D eigenvalue weighted by atomic mass is 10.3. The van der Waals surface area contributed by atoms with E-state index in [0.29, 0.717) is 12.4 Å². The number of benzene rings is 1. The molecular formula is C14H13ClIN3O. The number of aromatic nitrogens is 3. The first-order chi connectivity index (χ1) is 9.54. The number of nitrogens with zero attached hydrogens (tertiary/aromatic N) is 3. The predicted octanol–water partition coefficient (Wildman–Crippen LogP) is 4.29. The number of hydrogen-bond acceptors (Lipinski definition) is 3. The van der Waals surface area contributed by atoms with Crippen LogP contribution in [0.25, 0.3) is 11.0 Å². The Morgan fingerprint density at radius 2 is 2.25 bits per heavy atom. The van der Waals surface area contributed by atoms with Gasteiger partial charge in [-0.25, -0.2) is 9.97 Å². The molecular weight excluding hydrogens is 389 g/mol. The minimum absolute atomic E-state index is 0.170. The third kappa shape index (κ3) is 2.56. The molecule has 0 saturated heterocycles. The van der Waals surface area contributed by atoms with Crippen molar-refractivity contribution >= 4 is 45.2 Å². The summed E-state index contributed by atoms with van der Waals surface area (Å²) in [5.41, 5.74) is 1.99. The highest BCUT2D eigenvalue weighted by Gasteiger charge is 2.16. The number of imidazole rings is 1. The number of fused-ring (bicyclic) bond motifs is 1. The van der Waals surface area contributed by atoms with Gasteiger partial charge in [0, 0.05) is 3.57 Å². The molecule has 3 aromatic rings. The smallest absolute Gasteiger partial charge is 0.214 e. The fourth-order valence-corrected chi connectivity index (χ4v) is 2.84. The maximum Gasteiger partial charge on any atom is 0.214 e. The second-order valence-electron chi connectivity index (χ2n) is 4.67. The Bertz CT molecular complexity index is 763. The molecule has 0 N–H and O–H groups in total. The molecule has 6 heteroatoms. The summed E-state index contributed by atoms with van der Waals surface area (Å²) < 4.78 is 8.78. The molecule has 2 heterocycles. The summed E-state index contributed by atoms with van der Waals surface area (Å²) in [6.07, 6.45) is 1.72. The fraction of sp³-hybridized carbons (Fsp3) is 0.286. The second-order valence-corrected chi connectivity index (χ2v) is 6.57. The predicted molar refractivity (Wildman–Crippen MR) is 87.1 cm³/mol. The van der Waals surface area contributed by atoms with Gasteiger partial charge in [0.1, 0.15) is 18.1 Å². The van der Waals surface area contributed by atoms with Gasteiger partial charge in [0.05, 0.1) is 22.6 Å². The van der Waals surface area contributed by atoms with E-state index in [2.05, 4.69) is 55.3 Å². The van der Waals surface area contributed by atoms with E-state index in [4.69, 9.17) is 16.0 Å². The van der Waals surface area contributed by atoms with Crippen LogP contribution in [-0.2, 0) is 6.54 Å². The molecule has 20 heavy (non-hydrogen) atoms. The fourth-order valence-electron chi connectivity index (χ4n) is 2.20. The SMILES string of the molecule is Cc1cnc(Cn2c(C(C)Cl)nc3cc(I)ccc32)o1. The molecule has 104 valence electrons. The lowest BCUT2D eigenvalue weighted by Gasteiger charge is -2.08. The topological polar surface area (TPSA) is 43.9 Å². The molecule has 0 radical (unpaired) electrons. The van der Waals surface area contributed by atoms with E-state index >= 15 is 0 Å². The van der Waals surface area contributed by atoms with Crippen molar-refractivity contribution < 1.29 is 4.42 Å². The molecule has 0 amide bonds. The minimum Gasteiger partial charge on any atom is -0.444 e. The van der Waals surface area contributed by atoms with E-state index in [1.165, 1.54) is 0 Å². The number of alkyl halides is 1. The maximum absolute atomic E-state index is 6.25. The minimum atomic E-state index is -0.170. The third-order valence-electron chi connectivity index (χ3n) is 3.06. The average Bonchev–Trinajstić information content (AvgIpc) is 2.94. The van der Waals surface area contributed by atoms with E-state index < -0.39 is 0 Å². The van der Waals surface area contributed by atoms with Gasteiger partial charge in [0.25, 0.3) is 0 Å². The highest BCUT2D eigenvalue weighted by molar-refractivity contribution is 14.1. The molecule has 0 aliphatic heterocycles. The van der Waals surface area contributed by atoms with Crippen molar-refractivity contribution in [2.75, 3.05) is 0 Å². The Morgan fingerprint density at radius 3 is 2.90 bits per heavy atom. The van der Waals surface area contributed by atoms with Crippen molar-refractivity contribution in [1.29, 1.82) is 0 Å². The van der Waals surface area contributed by atoms with Crippen molar-refractivity contribution in [3.63, 3.8) is 0 Å². The van der Waals surface area contributed by atoms with Gasteiger partial charge in [0.2, 0.25) is 5.89 Å². The molecule has 0 spiro atoms. The van der Waals surface area contributed by atoms with Gasteiger partial charge in [-0.05, 0) is 54.6 Å². The van der Waals surface area contributed by atoms with Crippen LogP contribution in [0.15, 0.2) is 28.8 Å². The molecule has 0 fully saturated rings. The van der Waals surface area contributed by atoms with Crippen molar-refractivity contribution in [2.45, 2.75) is 25.8 Å². The van der Waals surface area contributed by atoms with Gasteiger partial charge in [-0.15, -0.1) is 11.6 Å². The summed E-state index contributed by atoms with van der Waals surface area (Å²) >= 11 is 8.53. The van der Waals surface area contributed by atoms with Crippen LogP contribution in [0.3, 0.4) is 0 Å². The van der Waals surface area contributed by atoms with E-state index in [1.54, 1.807) is 6.20 Å². The van der Waals surface area contributed by atoms with Crippen LogP contribution in [0.5, 0.6) is 0 Å². The van der Waals surface area contributed by atoms with Crippen molar-refractivity contribution in [3.8, 4) is 0 Å². The maximum atomic E-state index is 6.25. The van der Waals surface area contributed by atoms with Crippen LogP contribution in [0, 0.1) is 10.5 Å². The summed E-state index contributed by atoms with van der Waals surface area (Å²) in [5.74, 6) is 2.30. The Hall–Kier alpha value is -1.08. The number of oxazole rings is 1.